The molecule has 5 nitrogen and oxygen atoms in total. The number of hydrogen-bond acceptors (Lipinski definition) is 4. The van der Waals surface area contributed by atoms with Crippen LogP contribution in [-0.4, -0.2) is 29.0 Å². The van der Waals surface area contributed by atoms with Crippen molar-refractivity contribution < 1.29 is 4.79 Å². The zero-order valence-corrected chi connectivity index (χ0v) is 13.6. The third-order valence-electron chi connectivity index (χ3n) is 4.24. The molecule has 2 aromatic rings. The monoisotopic (exact) mass is 310 g/mol. The van der Waals surface area contributed by atoms with E-state index < -0.39 is 0 Å². The molecule has 1 aromatic heterocycles. The topological polar surface area (TPSA) is 58.1 Å². The van der Waals surface area contributed by atoms with E-state index in [9.17, 15) is 4.79 Å². The first-order valence-corrected chi connectivity index (χ1v) is 8.07. The minimum atomic E-state index is -0.142. The number of nitrogens with zero attached hydrogens (tertiary/aromatic N) is 3. The Balaban J connectivity index is 1.64. The average Bonchev–Trinajstić information content (AvgIpc) is 2.56. The molecule has 5 heteroatoms. The van der Waals surface area contributed by atoms with Crippen molar-refractivity contribution in [3.63, 3.8) is 0 Å². The van der Waals surface area contributed by atoms with E-state index in [0.717, 1.165) is 30.5 Å². The molecular weight excluding hydrogens is 288 g/mol. The number of aromatic nitrogens is 2. The van der Waals surface area contributed by atoms with Crippen LogP contribution < -0.4 is 10.2 Å². The molecule has 0 aliphatic carbocycles. The lowest BCUT2D eigenvalue weighted by Gasteiger charge is -2.30. The molecule has 2 heterocycles. The lowest BCUT2D eigenvalue weighted by molar-refractivity contribution is 0.102. The van der Waals surface area contributed by atoms with Gasteiger partial charge in [0.25, 0.3) is 5.91 Å². The van der Waals surface area contributed by atoms with Crippen molar-refractivity contribution in [3.8, 4) is 0 Å². The maximum absolute atomic E-state index is 12.2. The second kappa shape index (κ2) is 6.77. The van der Waals surface area contributed by atoms with Crippen LogP contribution in [0, 0.1) is 12.8 Å². The minimum absolute atomic E-state index is 0.142. The van der Waals surface area contributed by atoms with Gasteiger partial charge in [0.15, 0.2) is 0 Å². The predicted octanol–water partition coefficient (Wildman–Crippen LogP) is 3.27. The molecule has 120 valence electrons. The van der Waals surface area contributed by atoms with Crippen molar-refractivity contribution in [1.82, 2.24) is 9.97 Å². The van der Waals surface area contributed by atoms with Gasteiger partial charge in [-0.05, 0) is 37.8 Å². The highest BCUT2D eigenvalue weighted by Crippen LogP contribution is 2.20. The molecule has 0 unspecified atom stereocenters. The van der Waals surface area contributed by atoms with Gasteiger partial charge in [-0.25, -0.2) is 9.97 Å². The molecule has 1 fully saturated rings. The van der Waals surface area contributed by atoms with E-state index >= 15 is 0 Å². The molecule has 1 aliphatic rings. The van der Waals surface area contributed by atoms with Crippen molar-refractivity contribution in [2.75, 3.05) is 23.3 Å². The summed E-state index contributed by atoms with van der Waals surface area (Å²) in [5.74, 6) is 1.38. The maximum Gasteiger partial charge on any atom is 0.255 e. The number of benzene rings is 1. The average molecular weight is 310 g/mol. The van der Waals surface area contributed by atoms with Gasteiger partial charge in [-0.2, -0.15) is 0 Å². The number of nitrogens with one attached hydrogen (secondary N) is 1. The first-order chi connectivity index (χ1) is 11.1. The van der Waals surface area contributed by atoms with Gasteiger partial charge >= 0.3 is 0 Å². The van der Waals surface area contributed by atoms with E-state index in [1.54, 1.807) is 18.5 Å². The summed E-state index contributed by atoms with van der Waals surface area (Å²) < 4.78 is 0. The van der Waals surface area contributed by atoms with Crippen molar-refractivity contribution >= 4 is 17.5 Å². The highest BCUT2D eigenvalue weighted by molar-refractivity contribution is 6.04. The Morgan fingerprint density at radius 1 is 1.22 bits per heavy atom. The molecule has 0 radical (unpaired) electrons. The number of piperidine rings is 1. The van der Waals surface area contributed by atoms with E-state index in [-0.39, 0.29) is 5.91 Å². The summed E-state index contributed by atoms with van der Waals surface area (Å²) in [6, 6.07) is 7.50. The number of carbonyl (C=O) groups is 1. The Bertz CT molecular complexity index is 676. The zero-order chi connectivity index (χ0) is 16.2. The van der Waals surface area contributed by atoms with E-state index in [2.05, 4.69) is 27.1 Å². The largest absolute Gasteiger partial charge is 0.341 e. The van der Waals surface area contributed by atoms with Gasteiger partial charge in [0.05, 0.1) is 18.1 Å². The molecule has 0 spiro atoms. The normalized spacial score (nSPS) is 15.5. The number of rotatable bonds is 3. The number of carbonyl (C=O) groups excluding carboxylic acids is 1. The first kappa shape index (κ1) is 15.5. The summed E-state index contributed by atoms with van der Waals surface area (Å²) in [5.41, 5.74) is 2.31. The van der Waals surface area contributed by atoms with Gasteiger partial charge in [0.1, 0.15) is 0 Å². The molecule has 1 saturated heterocycles. The van der Waals surface area contributed by atoms with E-state index in [1.807, 2.05) is 25.1 Å². The van der Waals surface area contributed by atoms with Crippen molar-refractivity contribution in [3.05, 3.63) is 47.8 Å². The molecule has 23 heavy (non-hydrogen) atoms. The second-order valence-electron chi connectivity index (χ2n) is 6.26. The summed E-state index contributed by atoms with van der Waals surface area (Å²) in [4.78, 5) is 23.2. The molecule has 3 rings (SSSR count). The fourth-order valence-electron chi connectivity index (χ4n) is 2.75. The molecule has 0 saturated carbocycles. The minimum Gasteiger partial charge on any atom is -0.341 e. The number of anilines is 2. The van der Waals surface area contributed by atoms with Gasteiger partial charge in [0.2, 0.25) is 5.95 Å². The second-order valence-corrected chi connectivity index (χ2v) is 6.26. The molecule has 0 bridgehead atoms. The van der Waals surface area contributed by atoms with Crippen LogP contribution in [-0.2, 0) is 0 Å². The fraction of sp³-hybridized carbons (Fsp3) is 0.389. The van der Waals surface area contributed by atoms with Gasteiger partial charge in [-0.1, -0.05) is 24.6 Å². The molecular formula is C18H22N4O. The molecule has 1 amide bonds. The number of aryl methyl sites for hydroxylation is 1. The standard InChI is InChI=1S/C18H22N4O/c1-13-6-8-22(9-7-13)18-19-11-16(12-20-18)21-17(23)15-5-3-4-14(2)10-15/h3-5,10-13H,6-9H2,1-2H3,(H,21,23). The van der Waals surface area contributed by atoms with Crippen LogP contribution in [0.1, 0.15) is 35.7 Å². The molecule has 1 aromatic carbocycles. The van der Waals surface area contributed by atoms with E-state index in [0.29, 0.717) is 11.3 Å². The Kier molecular flexibility index (Phi) is 4.55. The highest BCUT2D eigenvalue weighted by atomic mass is 16.1. The third-order valence-corrected chi connectivity index (χ3v) is 4.24. The van der Waals surface area contributed by atoms with Crippen LogP contribution >= 0.6 is 0 Å². The summed E-state index contributed by atoms with van der Waals surface area (Å²) in [6.45, 7) is 6.24. The quantitative estimate of drug-likeness (QED) is 0.945. The molecule has 1 aliphatic heterocycles. The summed E-state index contributed by atoms with van der Waals surface area (Å²) >= 11 is 0. The number of amides is 1. The SMILES string of the molecule is Cc1cccc(C(=O)Nc2cnc(N3CCC(C)CC3)nc2)c1. The van der Waals surface area contributed by atoms with Gasteiger partial charge in [-0.3, -0.25) is 4.79 Å². The van der Waals surface area contributed by atoms with Gasteiger partial charge in [-0.15, -0.1) is 0 Å². The van der Waals surface area contributed by atoms with Crippen molar-refractivity contribution in [2.45, 2.75) is 26.7 Å². The van der Waals surface area contributed by atoms with E-state index in [4.69, 9.17) is 0 Å². The Labute approximate surface area is 136 Å². The van der Waals surface area contributed by atoms with Crippen LogP contribution in [0.25, 0.3) is 0 Å². The Hall–Kier alpha value is -2.43. The summed E-state index contributed by atoms with van der Waals surface area (Å²) in [5, 5.41) is 2.84. The number of hydrogen-bond donors (Lipinski definition) is 1. The predicted molar refractivity (Wildman–Crippen MR) is 91.8 cm³/mol. The summed E-state index contributed by atoms with van der Waals surface area (Å²) in [7, 11) is 0. The first-order valence-electron chi connectivity index (χ1n) is 8.07. The Morgan fingerprint density at radius 3 is 2.57 bits per heavy atom. The maximum atomic E-state index is 12.2. The Morgan fingerprint density at radius 2 is 1.91 bits per heavy atom. The van der Waals surface area contributed by atoms with Gasteiger partial charge in [0, 0.05) is 18.7 Å². The van der Waals surface area contributed by atoms with Crippen molar-refractivity contribution in [2.24, 2.45) is 5.92 Å². The highest BCUT2D eigenvalue weighted by Gasteiger charge is 2.17. The fourth-order valence-corrected chi connectivity index (χ4v) is 2.75. The van der Waals surface area contributed by atoms with Crippen LogP contribution in [0.4, 0.5) is 11.6 Å². The van der Waals surface area contributed by atoms with Crippen LogP contribution in [0.3, 0.4) is 0 Å². The van der Waals surface area contributed by atoms with Crippen molar-refractivity contribution in [1.29, 1.82) is 0 Å². The van der Waals surface area contributed by atoms with E-state index in [1.165, 1.54) is 12.8 Å². The van der Waals surface area contributed by atoms with Crippen LogP contribution in [0.15, 0.2) is 36.7 Å². The van der Waals surface area contributed by atoms with Crippen LogP contribution in [0.5, 0.6) is 0 Å². The lowest BCUT2D eigenvalue weighted by Crippen LogP contribution is -2.34. The zero-order valence-electron chi connectivity index (χ0n) is 13.6. The molecule has 1 N–H and O–H groups in total. The summed E-state index contributed by atoms with van der Waals surface area (Å²) in [6.07, 6.45) is 5.70. The molecule has 0 atom stereocenters. The third kappa shape index (κ3) is 3.86. The van der Waals surface area contributed by atoms with Gasteiger partial charge < -0.3 is 10.2 Å². The lowest BCUT2D eigenvalue weighted by atomic mass is 10.00. The smallest absolute Gasteiger partial charge is 0.255 e. The van der Waals surface area contributed by atoms with Crippen LogP contribution in [0.2, 0.25) is 0 Å².